The van der Waals surface area contributed by atoms with Crippen molar-refractivity contribution in [3.05, 3.63) is 47.5 Å². The van der Waals surface area contributed by atoms with Gasteiger partial charge in [-0.3, -0.25) is 0 Å². The van der Waals surface area contributed by atoms with Gasteiger partial charge in [0.2, 0.25) is 10.0 Å². The second kappa shape index (κ2) is 6.98. The van der Waals surface area contributed by atoms with Crippen LogP contribution in [0, 0.1) is 0 Å². The number of hydrogen-bond acceptors (Lipinski definition) is 5. The standard InChI is InChI=1S/C18H19ClN2O4S/c19-15-3-1-2-4-16(15)20-7-9-21(10-8-20)26(22,23)14-5-6-17-18(13-14)25-12-11-24-17/h1-6,13H,7-12H2. The lowest BCUT2D eigenvalue weighted by Gasteiger charge is -2.35. The smallest absolute Gasteiger partial charge is 0.243 e. The van der Waals surface area contributed by atoms with Gasteiger partial charge >= 0.3 is 0 Å². The van der Waals surface area contributed by atoms with E-state index in [9.17, 15) is 8.42 Å². The molecule has 2 aliphatic rings. The van der Waals surface area contributed by atoms with Gasteiger partial charge in [0.1, 0.15) is 13.2 Å². The average Bonchev–Trinajstić information content (AvgIpc) is 2.68. The van der Waals surface area contributed by atoms with Gasteiger partial charge in [-0.25, -0.2) is 8.42 Å². The van der Waals surface area contributed by atoms with E-state index in [0.717, 1.165) is 5.69 Å². The van der Waals surface area contributed by atoms with Crippen molar-refractivity contribution < 1.29 is 17.9 Å². The summed E-state index contributed by atoms with van der Waals surface area (Å²) in [5.41, 5.74) is 0.936. The van der Waals surface area contributed by atoms with E-state index >= 15 is 0 Å². The van der Waals surface area contributed by atoms with Crippen LogP contribution < -0.4 is 14.4 Å². The van der Waals surface area contributed by atoms with E-state index in [-0.39, 0.29) is 4.90 Å². The minimum absolute atomic E-state index is 0.230. The van der Waals surface area contributed by atoms with E-state index in [0.29, 0.717) is 55.9 Å². The summed E-state index contributed by atoms with van der Waals surface area (Å²) in [6.45, 7) is 2.89. The molecule has 0 spiro atoms. The number of piperazine rings is 1. The molecule has 0 amide bonds. The average molecular weight is 395 g/mol. The fourth-order valence-electron chi connectivity index (χ4n) is 3.21. The molecule has 4 rings (SSSR count). The van der Waals surface area contributed by atoms with Gasteiger partial charge in [0.25, 0.3) is 0 Å². The van der Waals surface area contributed by atoms with Crippen LogP contribution in [0.4, 0.5) is 5.69 Å². The van der Waals surface area contributed by atoms with E-state index < -0.39 is 10.0 Å². The second-order valence-electron chi connectivity index (χ2n) is 6.15. The van der Waals surface area contributed by atoms with Gasteiger partial charge < -0.3 is 14.4 Å². The maximum atomic E-state index is 13.0. The minimum atomic E-state index is -3.57. The molecule has 0 saturated carbocycles. The molecule has 2 heterocycles. The van der Waals surface area contributed by atoms with Gasteiger partial charge in [-0.1, -0.05) is 23.7 Å². The van der Waals surface area contributed by atoms with Gasteiger partial charge in [0.05, 0.1) is 15.6 Å². The van der Waals surface area contributed by atoms with Gasteiger partial charge in [-0.15, -0.1) is 0 Å². The maximum absolute atomic E-state index is 13.0. The van der Waals surface area contributed by atoms with Gasteiger partial charge in [-0.2, -0.15) is 4.31 Å². The van der Waals surface area contributed by atoms with E-state index in [4.69, 9.17) is 21.1 Å². The van der Waals surface area contributed by atoms with Crippen molar-refractivity contribution in [2.24, 2.45) is 0 Å². The summed E-state index contributed by atoms with van der Waals surface area (Å²) in [5, 5.41) is 0.677. The Morgan fingerprint density at radius 1 is 0.885 bits per heavy atom. The largest absolute Gasteiger partial charge is 0.486 e. The third kappa shape index (κ3) is 3.22. The summed E-state index contributed by atoms with van der Waals surface area (Å²) in [7, 11) is -3.57. The molecule has 1 fully saturated rings. The van der Waals surface area contributed by atoms with Crippen LogP contribution in [0.1, 0.15) is 0 Å². The fraction of sp³-hybridized carbons (Fsp3) is 0.333. The summed E-state index contributed by atoms with van der Waals surface area (Å²) in [6, 6.07) is 12.4. The first-order valence-electron chi connectivity index (χ1n) is 8.45. The van der Waals surface area contributed by atoms with E-state index in [2.05, 4.69) is 4.90 Å². The highest BCUT2D eigenvalue weighted by Gasteiger charge is 2.30. The zero-order chi connectivity index (χ0) is 18.1. The fourth-order valence-corrected chi connectivity index (χ4v) is 4.90. The van der Waals surface area contributed by atoms with Crippen LogP contribution in [0.5, 0.6) is 11.5 Å². The Kier molecular flexibility index (Phi) is 4.69. The van der Waals surface area contributed by atoms with Gasteiger partial charge in [0, 0.05) is 32.2 Å². The zero-order valence-corrected chi connectivity index (χ0v) is 15.7. The first-order valence-corrected chi connectivity index (χ1v) is 10.3. The van der Waals surface area contributed by atoms with Crippen LogP contribution in [-0.2, 0) is 10.0 Å². The molecule has 2 aromatic rings. The highest BCUT2D eigenvalue weighted by atomic mass is 35.5. The first-order chi connectivity index (χ1) is 12.6. The third-order valence-electron chi connectivity index (χ3n) is 4.58. The number of ether oxygens (including phenoxy) is 2. The lowest BCUT2D eigenvalue weighted by molar-refractivity contribution is 0.171. The molecular formula is C18H19ClN2O4S. The van der Waals surface area contributed by atoms with Crippen LogP contribution in [0.2, 0.25) is 5.02 Å². The molecule has 0 unspecified atom stereocenters. The van der Waals surface area contributed by atoms with Crippen molar-refractivity contribution in [1.82, 2.24) is 4.31 Å². The summed E-state index contributed by atoms with van der Waals surface area (Å²) in [6.07, 6.45) is 0. The normalized spacial score (nSPS) is 18.0. The third-order valence-corrected chi connectivity index (χ3v) is 6.80. The molecular weight excluding hydrogens is 376 g/mol. The Hall–Kier alpha value is -1.96. The summed E-state index contributed by atoms with van der Waals surface area (Å²) in [4.78, 5) is 2.34. The quantitative estimate of drug-likeness (QED) is 0.801. The second-order valence-corrected chi connectivity index (χ2v) is 8.49. The summed E-state index contributed by atoms with van der Waals surface area (Å²) in [5.74, 6) is 1.06. The number of halogens is 1. The number of hydrogen-bond donors (Lipinski definition) is 0. The van der Waals surface area contributed by atoms with Crippen LogP contribution in [-0.4, -0.2) is 52.1 Å². The zero-order valence-electron chi connectivity index (χ0n) is 14.1. The number of nitrogens with zero attached hydrogens (tertiary/aromatic N) is 2. The summed E-state index contributed by atoms with van der Waals surface area (Å²) < 4.78 is 38.4. The lowest BCUT2D eigenvalue weighted by atomic mass is 10.2. The van der Waals surface area contributed by atoms with Crippen LogP contribution in [0.3, 0.4) is 0 Å². The minimum Gasteiger partial charge on any atom is -0.486 e. The molecule has 6 nitrogen and oxygen atoms in total. The SMILES string of the molecule is O=S(=O)(c1ccc2c(c1)OCCO2)N1CCN(c2ccccc2Cl)CC1. The Labute approximate surface area is 157 Å². The Bertz CT molecular complexity index is 911. The number of anilines is 1. The number of rotatable bonds is 3. The van der Waals surface area contributed by atoms with Crippen molar-refractivity contribution in [2.45, 2.75) is 4.90 Å². The van der Waals surface area contributed by atoms with E-state index in [1.807, 2.05) is 24.3 Å². The predicted molar refractivity (Wildman–Crippen MR) is 99.9 cm³/mol. The number of fused-ring (bicyclic) bond motifs is 1. The van der Waals surface area contributed by atoms with Crippen LogP contribution >= 0.6 is 11.6 Å². The lowest BCUT2D eigenvalue weighted by Crippen LogP contribution is -2.48. The van der Waals surface area contributed by atoms with Crippen LogP contribution in [0.25, 0.3) is 0 Å². The number of para-hydroxylation sites is 1. The molecule has 0 aliphatic carbocycles. The molecule has 0 bridgehead atoms. The molecule has 0 aromatic heterocycles. The molecule has 138 valence electrons. The molecule has 0 N–H and O–H groups in total. The van der Waals surface area contributed by atoms with E-state index in [1.165, 1.54) is 4.31 Å². The van der Waals surface area contributed by atoms with Crippen molar-refractivity contribution in [2.75, 3.05) is 44.3 Å². The molecule has 0 radical (unpaired) electrons. The molecule has 0 atom stereocenters. The highest BCUT2D eigenvalue weighted by molar-refractivity contribution is 7.89. The Morgan fingerprint density at radius 3 is 2.31 bits per heavy atom. The van der Waals surface area contributed by atoms with Crippen molar-refractivity contribution in [3.8, 4) is 11.5 Å². The highest BCUT2D eigenvalue weighted by Crippen LogP contribution is 2.33. The number of benzene rings is 2. The number of sulfonamides is 1. The topological polar surface area (TPSA) is 59.1 Å². The van der Waals surface area contributed by atoms with E-state index in [1.54, 1.807) is 18.2 Å². The maximum Gasteiger partial charge on any atom is 0.243 e. The molecule has 26 heavy (non-hydrogen) atoms. The first kappa shape index (κ1) is 17.5. The van der Waals surface area contributed by atoms with Crippen LogP contribution in [0.15, 0.2) is 47.4 Å². The molecule has 2 aliphatic heterocycles. The Balaban J connectivity index is 1.51. The monoisotopic (exact) mass is 394 g/mol. The predicted octanol–water partition coefficient (Wildman–Crippen LogP) is 2.62. The summed E-state index contributed by atoms with van der Waals surface area (Å²) >= 11 is 6.25. The van der Waals surface area contributed by atoms with Gasteiger partial charge in [-0.05, 0) is 24.3 Å². The van der Waals surface area contributed by atoms with Crippen molar-refractivity contribution in [1.29, 1.82) is 0 Å². The van der Waals surface area contributed by atoms with Crippen molar-refractivity contribution in [3.63, 3.8) is 0 Å². The molecule has 2 aromatic carbocycles. The molecule has 8 heteroatoms. The van der Waals surface area contributed by atoms with Crippen molar-refractivity contribution >= 4 is 27.3 Å². The van der Waals surface area contributed by atoms with Gasteiger partial charge in [0.15, 0.2) is 11.5 Å². The Morgan fingerprint density at radius 2 is 1.58 bits per heavy atom. The molecule has 1 saturated heterocycles.